The van der Waals surface area contributed by atoms with E-state index in [0.717, 1.165) is 9.87 Å². The summed E-state index contributed by atoms with van der Waals surface area (Å²) in [6.45, 7) is 3.29. The molecule has 8 heteroatoms. The van der Waals surface area contributed by atoms with Gasteiger partial charge in [0.1, 0.15) is 0 Å². The molecule has 160 valence electrons. The Morgan fingerprint density at radius 2 is 1.35 bits per heavy atom. The standard InChI is InChI=1S/C23H23N3O4S/c1-16-8-14-20(15-9-16)31(29,30)26(3)22-7-5-4-6-21(22)23(28)25-19-12-10-18(11-13-19)24-17(2)27/h4-15H,1-3H3,(H,24,27)(H,25,28). The van der Waals surface area contributed by atoms with Crippen LogP contribution < -0.4 is 14.9 Å². The van der Waals surface area contributed by atoms with Crippen LogP contribution >= 0.6 is 0 Å². The summed E-state index contributed by atoms with van der Waals surface area (Å²) in [6, 6.07) is 19.7. The number of hydrogen-bond donors (Lipinski definition) is 2. The van der Waals surface area contributed by atoms with Gasteiger partial charge in [-0.05, 0) is 55.5 Å². The number of amides is 2. The number of rotatable bonds is 6. The van der Waals surface area contributed by atoms with E-state index in [4.69, 9.17) is 0 Å². The molecule has 31 heavy (non-hydrogen) atoms. The predicted octanol–water partition coefficient (Wildman–Crippen LogP) is 4.03. The second-order valence-electron chi connectivity index (χ2n) is 7.02. The molecule has 0 saturated carbocycles. The molecule has 0 spiro atoms. The van der Waals surface area contributed by atoms with Gasteiger partial charge in [-0.2, -0.15) is 0 Å². The van der Waals surface area contributed by atoms with E-state index in [-0.39, 0.29) is 22.1 Å². The Labute approximate surface area is 181 Å². The lowest BCUT2D eigenvalue weighted by Crippen LogP contribution is -2.29. The van der Waals surface area contributed by atoms with Crippen molar-refractivity contribution in [2.45, 2.75) is 18.7 Å². The van der Waals surface area contributed by atoms with Gasteiger partial charge < -0.3 is 10.6 Å². The second-order valence-corrected chi connectivity index (χ2v) is 8.98. The minimum atomic E-state index is -3.84. The lowest BCUT2D eigenvalue weighted by Gasteiger charge is -2.22. The molecule has 0 aliphatic carbocycles. The van der Waals surface area contributed by atoms with Crippen LogP contribution in [0.25, 0.3) is 0 Å². The molecule has 0 aliphatic heterocycles. The molecule has 0 saturated heterocycles. The molecule has 0 atom stereocenters. The predicted molar refractivity (Wildman–Crippen MR) is 122 cm³/mol. The molecular weight excluding hydrogens is 414 g/mol. The summed E-state index contributed by atoms with van der Waals surface area (Å²) in [6.07, 6.45) is 0. The van der Waals surface area contributed by atoms with Crippen molar-refractivity contribution in [2.75, 3.05) is 22.0 Å². The van der Waals surface area contributed by atoms with Crippen LogP contribution in [0.5, 0.6) is 0 Å². The number of hydrogen-bond acceptors (Lipinski definition) is 4. The molecule has 7 nitrogen and oxygen atoms in total. The highest BCUT2D eigenvalue weighted by molar-refractivity contribution is 7.92. The van der Waals surface area contributed by atoms with E-state index < -0.39 is 15.9 Å². The van der Waals surface area contributed by atoms with E-state index in [1.54, 1.807) is 72.8 Å². The Bertz CT molecular complexity index is 1200. The van der Waals surface area contributed by atoms with Crippen molar-refractivity contribution in [1.82, 2.24) is 0 Å². The number of carbonyl (C=O) groups excluding carboxylic acids is 2. The van der Waals surface area contributed by atoms with E-state index in [0.29, 0.717) is 11.4 Å². The van der Waals surface area contributed by atoms with Crippen molar-refractivity contribution in [3.63, 3.8) is 0 Å². The van der Waals surface area contributed by atoms with Gasteiger partial charge in [0, 0.05) is 25.3 Å². The van der Waals surface area contributed by atoms with Crippen LogP contribution in [-0.4, -0.2) is 27.3 Å². The first-order valence-electron chi connectivity index (χ1n) is 9.52. The zero-order valence-corrected chi connectivity index (χ0v) is 18.2. The molecule has 0 aliphatic rings. The summed E-state index contributed by atoms with van der Waals surface area (Å²) in [7, 11) is -2.42. The normalized spacial score (nSPS) is 10.9. The van der Waals surface area contributed by atoms with E-state index >= 15 is 0 Å². The largest absolute Gasteiger partial charge is 0.326 e. The van der Waals surface area contributed by atoms with Crippen molar-refractivity contribution in [3.05, 3.63) is 83.9 Å². The first-order valence-corrected chi connectivity index (χ1v) is 11.0. The highest BCUT2D eigenvalue weighted by Gasteiger charge is 2.25. The number of carbonyl (C=O) groups is 2. The van der Waals surface area contributed by atoms with Gasteiger partial charge in [-0.3, -0.25) is 13.9 Å². The van der Waals surface area contributed by atoms with Crippen LogP contribution in [0.1, 0.15) is 22.8 Å². The molecule has 0 bridgehead atoms. The maximum Gasteiger partial charge on any atom is 0.264 e. The van der Waals surface area contributed by atoms with Crippen LogP contribution in [0.4, 0.5) is 17.1 Å². The van der Waals surface area contributed by atoms with Crippen LogP contribution in [0.2, 0.25) is 0 Å². The Morgan fingerprint density at radius 1 is 0.806 bits per heavy atom. The van der Waals surface area contributed by atoms with Crippen molar-refractivity contribution in [3.8, 4) is 0 Å². The maximum absolute atomic E-state index is 13.1. The maximum atomic E-state index is 13.1. The molecule has 2 amide bonds. The average Bonchev–Trinajstić information content (AvgIpc) is 2.74. The van der Waals surface area contributed by atoms with Gasteiger partial charge in [-0.15, -0.1) is 0 Å². The van der Waals surface area contributed by atoms with E-state index in [2.05, 4.69) is 10.6 Å². The Hall–Kier alpha value is -3.65. The minimum Gasteiger partial charge on any atom is -0.326 e. The second kappa shape index (κ2) is 9.01. The third kappa shape index (κ3) is 5.10. The number of aryl methyl sites for hydroxylation is 1. The highest BCUT2D eigenvalue weighted by atomic mass is 32.2. The smallest absolute Gasteiger partial charge is 0.264 e. The van der Waals surface area contributed by atoms with Crippen LogP contribution in [0.15, 0.2) is 77.7 Å². The summed E-state index contributed by atoms with van der Waals surface area (Å²) < 4.78 is 27.2. The summed E-state index contributed by atoms with van der Waals surface area (Å²) in [5.74, 6) is -0.641. The fourth-order valence-corrected chi connectivity index (χ4v) is 4.19. The van der Waals surface area contributed by atoms with Crippen molar-refractivity contribution in [1.29, 1.82) is 0 Å². The average molecular weight is 438 g/mol. The van der Waals surface area contributed by atoms with Crippen LogP contribution in [0, 0.1) is 6.92 Å². The summed E-state index contributed by atoms with van der Waals surface area (Å²) in [5.41, 5.74) is 2.54. The number of sulfonamides is 1. The van der Waals surface area contributed by atoms with Crippen LogP contribution in [-0.2, 0) is 14.8 Å². The van der Waals surface area contributed by atoms with Gasteiger partial charge in [0.05, 0.1) is 16.1 Å². The Balaban J connectivity index is 1.86. The first kappa shape index (κ1) is 22.0. The summed E-state index contributed by atoms with van der Waals surface area (Å²) >= 11 is 0. The van der Waals surface area contributed by atoms with Gasteiger partial charge in [-0.25, -0.2) is 8.42 Å². The molecule has 2 N–H and O–H groups in total. The van der Waals surface area contributed by atoms with Gasteiger partial charge >= 0.3 is 0 Å². The molecule has 0 unspecified atom stereocenters. The highest BCUT2D eigenvalue weighted by Crippen LogP contribution is 2.27. The zero-order valence-electron chi connectivity index (χ0n) is 17.4. The SMILES string of the molecule is CC(=O)Nc1ccc(NC(=O)c2ccccc2N(C)S(=O)(=O)c2ccc(C)cc2)cc1. The lowest BCUT2D eigenvalue weighted by molar-refractivity contribution is -0.114. The fourth-order valence-electron chi connectivity index (χ4n) is 2.98. The summed E-state index contributed by atoms with van der Waals surface area (Å²) in [4.78, 5) is 24.2. The molecule has 3 rings (SSSR count). The number of anilines is 3. The minimum absolute atomic E-state index is 0.143. The Kier molecular flexibility index (Phi) is 6.41. The first-order chi connectivity index (χ1) is 14.7. The van der Waals surface area contributed by atoms with Crippen molar-refractivity contribution < 1.29 is 18.0 Å². The van der Waals surface area contributed by atoms with Crippen LogP contribution in [0.3, 0.4) is 0 Å². The Morgan fingerprint density at radius 3 is 1.94 bits per heavy atom. The number of nitrogens with one attached hydrogen (secondary N) is 2. The van der Waals surface area contributed by atoms with Gasteiger partial charge in [0.15, 0.2) is 0 Å². The third-order valence-corrected chi connectivity index (χ3v) is 6.42. The molecule has 3 aromatic rings. The molecule has 0 heterocycles. The lowest BCUT2D eigenvalue weighted by atomic mass is 10.1. The third-order valence-electron chi connectivity index (χ3n) is 4.63. The van der Waals surface area contributed by atoms with E-state index in [1.807, 2.05) is 6.92 Å². The fraction of sp³-hybridized carbons (Fsp3) is 0.130. The zero-order chi connectivity index (χ0) is 22.6. The number of para-hydroxylation sites is 1. The molecule has 0 radical (unpaired) electrons. The van der Waals surface area contributed by atoms with Gasteiger partial charge in [0.25, 0.3) is 15.9 Å². The van der Waals surface area contributed by atoms with Crippen molar-refractivity contribution >= 4 is 38.9 Å². The molecular formula is C23H23N3O4S. The van der Waals surface area contributed by atoms with Gasteiger partial charge in [-0.1, -0.05) is 29.8 Å². The van der Waals surface area contributed by atoms with Crippen molar-refractivity contribution in [2.24, 2.45) is 0 Å². The number of benzene rings is 3. The van der Waals surface area contributed by atoms with Gasteiger partial charge in [0.2, 0.25) is 5.91 Å². The molecule has 0 fully saturated rings. The van der Waals surface area contributed by atoms with E-state index in [9.17, 15) is 18.0 Å². The number of nitrogens with zero attached hydrogens (tertiary/aromatic N) is 1. The molecule has 3 aromatic carbocycles. The summed E-state index contributed by atoms with van der Waals surface area (Å²) in [5, 5.41) is 5.41. The quantitative estimate of drug-likeness (QED) is 0.609. The van der Waals surface area contributed by atoms with E-state index in [1.165, 1.54) is 14.0 Å². The monoisotopic (exact) mass is 437 g/mol. The topological polar surface area (TPSA) is 95.6 Å². The molecule has 0 aromatic heterocycles.